The van der Waals surface area contributed by atoms with E-state index in [2.05, 4.69) is 26.1 Å². The highest BCUT2D eigenvalue weighted by atomic mass is 79.9. The van der Waals surface area contributed by atoms with E-state index in [-0.39, 0.29) is 5.75 Å². The van der Waals surface area contributed by atoms with Crippen molar-refractivity contribution < 1.29 is 9.63 Å². The van der Waals surface area contributed by atoms with Gasteiger partial charge in [-0.25, -0.2) is 0 Å². The molecule has 100 valence electrons. The molecule has 1 heterocycles. The monoisotopic (exact) mass is 331 g/mol. The van der Waals surface area contributed by atoms with Crippen LogP contribution in [0.5, 0.6) is 5.75 Å². The van der Waals surface area contributed by atoms with E-state index in [9.17, 15) is 5.11 Å². The Labute approximate surface area is 123 Å². The van der Waals surface area contributed by atoms with Crippen LogP contribution < -0.4 is 5.73 Å². The molecule has 6 heteroatoms. The highest BCUT2D eigenvalue weighted by molar-refractivity contribution is 9.10. The molecular formula is C14H10BrN3O2. The molecule has 0 aliphatic heterocycles. The fraction of sp³-hybridized carbons (Fsp3) is 0. The van der Waals surface area contributed by atoms with Gasteiger partial charge < -0.3 is 15.4 Å². The molecule has 0 unspecified atom stereocenters. The van der Waals surface area contributed by atoms with Crippen molar-refractivity contribution in [3.05, 3.63) is 46.9 Å². The largest absolute Gasteiger partial charge is 0.508 e. The molecule has 0 aliphatic carbocycles. The van der Waals surface area contributed by atoms with Crippen molar-refractivity contribution in [3.8, 4) is 28.6 Å². The quantitative estimate of drug-likeness (QED) is 0.702. The minimum absolute atomic E-state index is 0.194. The Morgan fingerprint density at radius 1 is 1.05 bits per heavy atom. The van der Waals surface area contributed by atoms with Gasteiger partial charge in [0.25, 0.3) is 5.89 Å². The summed E-state index contributed by atoms with van der Waals surface area (Å²) >= 11 is 3.36. The number of aromatic hydroxyl groups is 1. The van der Waals surface area contributed by atoms with Gasteiger partial charge in [0.2, 0.25) is 5.82 Å². The van der Waals surface area contributed by atoms with E-state index < -0.39 is 0 Å². The maximum Gasteiger partial charge on any atom is 0.258 e. The average molecular weight is 332 g/mol. The summed E-state index contributed by atoms with van der Waals surface area (Å²) in [4.78, 5) is 4.33. The zero-order valence-corrected chi connectivity index (χ0v) is 11.8. The molecule has 0 atom stereocenters. The Kier molecular flexibility index (Phi) is 3.15. The van der Waals surface area contributed by atoms with Crippen LogP contribution in [0.25, 0.3) is 22.8 Å². The standard InChI is InChI=1S/C14H10BrN3O2/c15-11-7-9(3-6-12(11)16)14-17-13(18-20-14)8-1-4-10(19)5-2-8/h1-7,19H,16H2. The van der Waals surface area contributed by atoms with Crippen molar-refractivity contribution in [2.24, 2.45) is 0 Å². The summed E-state index contributed by atoms with van der Waals surface area (Å²) in [7, 11) is 0. The minimum atomic E-state index is 0.194. The third-order valence-corrected chi connectivity index (χ3v) is 3.49. The van der Waals surface area contributed by atoms with Crippen molar-refractivity contribution in [1.29, 1.82) is 0 Å². The van der Waals surface area contributed by atoms with Crippen LogP contribution in [0.2, 0.25) is 0 Å². The average Bonchev–Trinajstić information content (AvgIpc) is 2.92. The zero-order chi connectivity index (χ0) is 14.1. The van der Waals surface area contributed by atoms with Crippen LogP contribution in [0, 0.1) is 0 Å². The molecule has 0 bridgehead atoms. The second-order valence-corrected chi connectivity index (χ2v) is 5.06. The molecule has 0 spiro atoms. The van der Waals surface area contributed by atoms with E-state index in [1.807, 2.05) is 12.1 Å². The predicted octanol–water partition coefficient (Wildman–Crippen LogP) is 3.45. The first kappa shape index (κ1) is 12.7. The molecule has 0 saturated heterocycles. The van der Waals surface area contributed by atoms with Gasteiger partial charge in [0, 0.05) is 21.3 Å². The lowest BCUT2D eigenvalue weighted by Crippen LogP contribution is -1.87. The van der Waals surface area contributed by atoms with Crippen molar-refractivity contribution in [3.63, 3.8) is 0 Å². The molecule has 3 aromatic rings. The van der Waals surface area contributed by atoms with Gasteiger partial charge in [-0.3, -0.25) is 0 Å². The van der Waals surface area contributed by atoms with Crippen LogP contribution in [-0.2, 0) is 0 Å². The van der Waals surface area contributed by atoms with Crippen LogP contribution in [0.4, 0.5) is 5.69 Å². The lowest BCUT2D eigenvalue weighted by Gasteiger charge is -1.99. The van der Waals surface area contributed by atoms with Crippen LogP contribution >= 0.6 is 15.9 Å². The molecule has 5 nitrogen and oxygen atoms in total. The number of hydrogen-bond donors (Lipinski definition) is 2. The Hall–Kier alpha value is -2.34. The van der Waals surface area contributed by atoms with Gasteiger partial charge >= 0.3 is 0 Å². The smallest absolute Gasteiger partial charge is 0.258 e. The third kappa shape index (κ3) is 2.37. The molecule has 0 saturated carbocycles. The SMILES string of the molecule is Nc1ccc(-c2nc(-c3ccc(O)cc3)no2)cc1Br. The Bertz CT molecular complexity index is 753. The van der Waals surface area contributed by atoms with Crippen LogP contribution in [0.1, 0.15) is 0 Å². The summed E-state index contributed by atoms with van der Waals surface area (Å²) in [5.74, 6) is 1.07. The molecule has 1 aromatic heterocycles. The first-order valence-corrected chi connectivity index (χ1v) is 6.61. The van der Waals surface area contributed by atoms with Crippen molar-refractivity contribution in [1.82, 2.24) is 10.1 Å². The highest BCUT2D eigenvalue weighted by Gasteiger charge is 2.11. The molecule has 3 N–H and O–H groups in total. The summed E-state index contributed by atoms with van der Waals surface area (Å²) in [6.45, 7) is 0. The number of hydrogen-bond acceptors (Lipinski definition) is 5. The number of nitrogens with two attached hydrogens (primary N) is 1. The first-order valence-electron chi connectivity index (χ1n) is 5.82. The number of nitrogen functional groups attached to an aromatic ring is 1. The summed E-state index contributed by atoms with van der Waals surface area (Å²) in [6, 6.07) is 12.0. The first-order chi connectivity index (χ1) is 9.63. The molecule has 0 aliphatic rings. The van der Waals surface area contributed by atoms with Gasteiger partial charge in [0.05, 0.1) is 0 Å². The molecule has 20 heavy (non-hydrogen) atoms. The number of anilines is 1. The number of aromatic nitrogens is 2. The summed E-state index contributed by atoms with van der Waals surface area (Å²) in [6.07, 6.45) is 0. The lowest BCUT2D eigenvalue weighted by molar-refractivity contribution is 0.432. The van der Waals surface area contributed by atoms with E-state index in [1.54, 1.807) is 30.3 Å². The third-order valence-electron chi connectivity index (χ3n) is 2.80. The maximum atomic E-state index is 9.26. The zero-order valence-electron chi connectivity index (χ0n) is 10.2. The van der Waals surface area contributed by atoms with E-state index >= 15 is 0 Å². The normalized spacial score (nSPS) is 10.7. The van der Waals surface area contributed by atoms with E-state index in [1.165, 1.54) is 0 Å². The molecule has 3 rings (SSSR count). The van der Waals surface area contributed by atoms with Gasteiger partial charge in [0.1, 0.15) is 5.75 Å². The minimum Gasteiger partial charge on any atom is -0.508 e. The van der Waals surface area contributed by atoms with Gasteiger partial charge in [-0.05, 0) is 58.4 Å². The molecular weight excluding hydrogens is 322 g/mol. The summed E-state index contributed by atoms with van der Waals surface area (Å²) in [5.41, 5.74) is 7.94. The van der Waals surface area contributed by atoms with Crippen LogP contribution in [0.3, 0.4) is 0 Å². The van der Waals surface area contributed by atoms with Crippen molar-refractivity contribution >= 4 is 21.6 Å². The lowest BCUT2D eigenvalue weighted by atomic mass is 10.2. The summed E-state index contributed by atoms with van der Waals surface area (Å²) < 4.78 is 6.02. The Balaban J connectivity index is 1.97. The van der Waals surface area contributed by atoms with Gasteiger partial charge in [0.15, 0.2) is 0 Å². The van der Waals surface area contributed by atoms with E-state index in [4.69, 9.17) is 10.3 Å². The number of phenolic OH excluding ortho intramolecular Hbond substituents is 1. The fourth-order valence-corrected chi connectivity index (χ4v) is 2.11. The van der Waals surface area contributed by atoms with Crippen molar-refractivity contribution in [2.45, 2.75) is 0 Å². The van der Waals surface area contributed by atoms with E-state index in [0.717, 1.165) is 15.6 Å². The number of rotatable bonds is 2. The summed E-state index contributed by atoms with van der Waals surface area (Å²) in [5, 5.41) is 13.2. The van der Waals surface area contributed by atoms with Crippen LogP contribution in [0.15, 0.2) is 51.5 Å². The molecule has 0 radical (unpaired) electrons. The molecule has 0 amide bonds. The predicted molar refractivity (Wildman–Crippen MR) is 78.9 cm³/mol. The van der Waals surface area contributed by atoms with Crippen molar-refractivity contribution in [2.75, 3.05) is 5.73 Å². The second kappa shape index (κ2) is 4.97. The Morgan fingerprint density at radius 3 is 2.45 bits per heavy atom. The van der Waals surface area contributed by atoms with Gasteiger partial charge in [-0.15, -0.1) is 0 Å². The highest BCUT2D eigenvalue weighted by Crippen LogP contribution is 2.28. The maximum absolute atomic E-state index is 9.26. The van der Waals surface area contributed by atoms with Gasteiger partial charge in [-0.2, -0.15) is 4.98 Å². The van der Waals surface area contributed by atoms with E-state index in [0.29, 0.717) is 17.4 Å². The van der Waals surface area contributed by atoms with Gasteiger partial charge in [-0.1, -0.05) is 5.16 Å². The number of halogens is 1. The fourth-order valence-electron chi connectivity index (χ4n) is 1.73. The topological polar surface area (TPSA) is 85.2 Å². The number of benzene rings is 2. The molecule has 2 aromatic carbocycles. The number of nitrogens with zero attached hydrogens (tertiary/aromatic N) is 2. The van der Waals surface area contributed by atoms with Crippen LogP contribution in [-0.4, -0.2) is 15.2 Å². The Morgan fingerprint density at radius 2 is 1.75 bits per heavy atom. The molecule has 0 fully saturated rings. The second-order valence-electron chi connectivity index (χ2n) is 4.21. The number of phenols is 1.